The fourth-order valence-electron chi connectivity index (χ4n) is 2.45. The topological polar surface area (TPSA) is 125 Å². The second-order valence-electron chi connectivity index (χ2n) is 5.23. The van der Waals surface area contributed by atoms with E-state index >= 15 is 0 Å². The Balaban J connectivity index is 2.08. The standard InChI is InChI=1S/C16H14IN5O5/c1-3-27-14-10(17)6-9(7-12(14)26-2)4-5-11-13(22(24)25)15(23)21-16(20-11)18-8-19-21/h4-8H,3H2,1-2H3,(H,18,19,20). The molecule has 0 saturated carbocycles. The van der Waals surface area contributed by atoms with Gasteiger partial charge >= 0.3 is 11.2 Å². The Kier molecular flexibility index (Phi) is 5.39. The van der Waals surface area contributed by atoms with Crippen LogP contribution in [0.4, 0.5) is 5.69 Å². The van der Waals surface area contributed by atoms with Crippen LogP contribution in [0.3, 0.4) is 0 Å². The van der Waals surface area contributed by atoms with Crippen LogP contribution in [-0.4, -0.2) is 38.2 Å². The van der Waals surface area contributed by atoms with Crippen LogP contribution in [0.25, 0.3) is 17.9 Å². The number of ether oxygens (including phenoxy) is 2. The fraction of sp³-hybridized carbons (Fsp3) is 0.188. The molecule has 0 atom stereocenters. The normalized spacial score (nSPS) is 11.2. The van der Waals surface area contributed by atoms with Crippen molar-refractivity contribution in [3.05, 3.63) is 53.8 Å². The van der Waals surface area contributed by atoms with Crippen molar-refractivity contribution in [2.45, 2.75) is 6.92 Å². The monoisotopic (exact) mass is 483 g/mol. The van der Waals surface area contributed by atoms with Gasteiger partial charge in [-0.1, -0.05) is 6.08 Å². The van der Waals surface area contributed by atoms with Crippen LogP contribution in [0.1, 0.15) is 18.2 Å². The van der Waals surface area contributed by atoms with Gasteiger partial charge in [0.15, 0.2) is 17.2 Å². The highest BCUT2D eigenvalue weighted by atomic mass is 127. The number of hydrogen-bond acceptors (Lipinski definition) is 7. The minimum atomic E-state index is -0.832. The molecule has 0 saturated heterocycles. The highest BCUT2D eigenvalue weighted by Gasteiger charge is 2.22. The zero-order valence-electron chi connectivity index (χ0n) is 14.3. The van der Waals surface area contributed by atoms with E-state index in [0.29, 0.717) is 23.7 Å². The number of nitrogens with zero attached hydrogens (tertiary/aromatic N) is 4. The summed E-state index contributed by atoms with van der Waals surface area (Å²) in [6.07, 6.45) is 4.25. The lowest BCUT2D eigenvalue weighted by Gasteiger charge is -2.12. The van der Waals surface area contributed by atoms with Crippen LogP contribution < -0.4 is 15.0 Å². The summed E-state index contributed by atoms with van der Waals surface area (Å²) in [7, 11) is 1.53. The molecule has 3 aromatic rings. The SMILES string of the molecule is CCOc1c(I)cc(C=Cc2nc3nc[nH]n3c(=O)c2[N+](=O)[O-])cc1OC. The molecule has 3 rings (SSSR count). The molecule has 0 unspecified atom stereocenters. The molecule has 2 heterocycles. The van der Waals surface area contributed by atoms with Gasteiger partial charge in [0, 0.05) is 0 Å². The second kappa shape index (κ2) is 7.73. The fourth-order valence-corrected chi connectivity index (χ4v) is 3.23. The molecule has 1 aromatic carbocycles. The van der Waals surface area contributed by atoms with Gasteiger partial charge in [0.05, 0.1) is 22.2 Å². The number of hydrogen-bond donors (Lipinski definition) is 1. The molecule has 1 N–H and O–H groups in total. The van der Waals surface area contributed by atoms with Crippen molar-refractivity contribution < 1.29 is 14.4 Å². The lowest BCUT2D eigenvalue weighted by molar-refractivity contribution is -0.386. The predicted molar refractivity (Wildman–Crippen MR) is 106 cm³/mol. The first-order valence-electron chi connectivity index (χ1n) is 7.75. The van der Waals surface area contributed by atoms with E-state index in [1.54, 1.807) is 12.1 Å². The van der Waals surface area contributed by atoms with Crippen LogP contribution in [0.15, 0.2) is 23.3 Å². The molecular formula is C16H14IN5O5. The first-order chi connectivity index (χ1) is 13.0. The van der Waals surface area contributed by atoms with Gasteiger partial charge in [-0.3, -0.25) is 20.0 Å². The number of benzene rings is 1. The zero-order valence-corrected chi connectivity index (χ0v) is 16.5. The van der Waals surface area contributed by atoms with Gasteiger partial charge in [-0.05, 0) is 53.3 Å². The Hall–Kier alpha value is -2.96. The number of rotatable bonds is 6. The molecule has 0 aliphatic rings. The van der Waals surface area contributed by atoms with Crippen molar-refractivity contribution in [3.8, 4) is 11.5 Å². The maximum absolute atomic E-state index is 12.3. The summed E-state index contributed by atoms with van der Waals surface area (Å²) < 4.78 is 12.6. The summed E-state index contributed by atoms with van der Waals surface area (Å²) in [6.45, 7) is 2.36. The van der Waals surface area contributed by atoms with E-state index in [4.69, 9.17) is 9.47 Å². The van der Waals surface area contributed by atoms with E-state index in [1.165, 1.54) is 19.5 Å². The Morgan fingerprint density at radius 2 is 2.19 bits per heavy atom. The number of halogens is 1. The molecule has 0 radical (unpaired) electrons. The Morgan fingerprint density at radius 1 is 1.41 bits per heavy atom. The van der Waals surface area contributed by atoms with E-state index < -0.39 is 16.2 Å². The van der Waals surface area contributed by atoms with Gasteiger partial charge in [-0.25, -0.2) is 9.97 Å². The lowest BCUT2D eigenvalue weighted by atomic mass is 10.1. The average Bonchev–Trinajstić information content (AvgIpc) is 3.10. The minimum absolute atomic E-state index is 0.0455. The molecule has 27 heavy (non-hydrogen) atoms. The van der Waals surface area contributed by atoms with Crippen LogP contribution in [-0.2, 0) is 0 Å². The lowest BCUT2D eigenvalue weighted by Crippen LogP contribution is -2.20. The second-order valence-corrected chi connectivity index (χ2v) is 6.39. The van der Waals surface area contributed by atoms with Gasteiger partial charge in [0.25, 0.3) is 5.78 Å². The van der Waals surface area contributed by atoms with E-state index in [0.717, 1.165) is 8.09 Å². The summed E-state index contributed by atoms with van der Waals surface area (Å²) >= 11 is 2.12. The van der Waals surface area contributed by atoms with Crippen molar-refractivity contribution in [1.29, 1.82) is 0 Å². The first-order valence-corrected chi connectivity index (χ1v) is 8.83. The van der Waals surface area contributed by atoms with Crippen molar-refractivity contribution in [2.75, 3.05) is 13.7 Å². The molecule has 11 heteroatoms. The number of aromatic amines is 1. The van der Waals surface area contributed by atoms with Crippen LogP contribution in [0, 0.1) is 13.7 Å². The minimum Gasteiger partial charge on any atom is -0.493 e. The largest absolute Gasteiger partial charge is 0.493 e. The molecule has 2 aromatic heterocycles. The summed E-state index contributed by atoms with van der Waals surface area (Å²) in [4.78, 5) is 30.8. The average molecular weight is 483 g/mol. The highest BCUT2D eigenvalue weighted by molar-refractivity contribution is 14.1. The van der Waals surface area contributed by atoms with Crippen molar-refractivity contribution in [2.24, 2.45) is 0 Å². The van der Waals surface area contributed by atoms with E-state index in [9.17, 15) is 14.9 Å². The number of nitrogens with one attached hydrogen (secondary N) is 1. The van der Waals surface area contributed by atoms with Crippen molar-refractivity contribution >= 4 is 46.2 Å². The molecule has 10 nitrogen and oxygen atoms in total. The zero-order chi connectivity index (χ0) is 19.6. The van der Waals surface area contributed by atoms with Gasteiger partial charge in [-0.2, -0.15) is 4.52 Å². The van der Waals surface area contributed by atoms with Gasteiger partial charge < -0.3 is 9.47 Å². The molecule has 140 valence electrons. The molecular weight excluding hydrogens is 469 g/mol. The number of aromatic nitrogens is 4. The number of nitro groups is 1. The Labute approximate surface area is 166 Å². The molecule has 0 aliphatic heterocycles. The summed E-state index contributed by atoms with van der Waals surface area (Å²) in [5.74, 6) is 1.20. The quantitative estimate of drug-likeness (QED) is 0.325. The third-order valence-electron chi connectivity index (χ3n) is 3.59. The number of methoxy groups -OCH3 is 1. The third-order valence-corrected chi connectivity index (χ3v) is 4.39. The van der Waals surface area contributed by atoms with E-state index in [-0.39, 0.29) is 11.5 Å². The summed E-state index contributed by atoms with van der Waals surface area (Å²) in [5.41, 5.74) is -0.848. The van der Waals surface area contributed by atoms with Crippen molar-refractivity contribution in [1.82, 2.24) is 19.6 Å². The molecule has 0 aliphatic carbocycles. The van der Waals surface area contributed by atoms with Gasteiger partial charge in [-0.15, -0.1) is 0 Å². The van der Waals surface area contributed by atoms with E-state index in [2.05, 4.69) is 37.7 Å². The van der Waals surface area contributed by atoms with Crippen LogP contribution in [0.5, 0.6) is 11.5 Å². The summed E-state index contributed by atoms with van der Waals surface area (Å²) in [6, 6.07) is 3.56. The Bertz CT molecular complexity index is 1100. The van der Waals surface area contributed by atoms with Crippen molar-refractivity contribution in [3.63, 3.8) is 0 Å². The van der Waals surface area contributed by atoms with Crippen LogP contribution in [0.2, 0.25) is 0 Å². The van der Waals surface area contributed by atoms with Crippen LogP contribution >= 0.6 is 22.6 Å². The maximum atomic E-state index is 12.3. The maximum Gasteiger partial charge on any atom is 0.361 e. The summed E-state index contributed by atoms with van der Waals surface area (Å²) in [5, 5.41) is 13.8. The molecule has 0 spiro atoms. The smallest absolute Gasteiger partial charge is 0.361 e. The van der Waals surface area contributed by atoms with E-state index in [1.807, 2.05) is 13.0 Å². The third kappa shape index (κ3) is 3.63. The Morgan fingerprint density at radius 3 is 2.85 bits per heavy atom. The molecule has 0 amide bonds. The predicted octanol–water partition coefficient (Wildman–Crippen LogP) is 2.51. The van der Waals surface area contributed by atoms with Gasteiger partial charge in [0.2, 0.25) is 0 Å². The number of fused-ring (bicyclic) bond motifs is 1. The molecule has 0 fully saturated rings. The van der Waals surface area contributed by atoms with Gasteiger partial charge in [0.1, 0.15) is 6.33 Å². The highest BCUT2D eigenvalue weighted by Crippen LogP contribution is 2.34. The number of H-pyrrole nitrogens is 1. The molecule has 0 bridgehead atoms. The first kappa shape index (κ1) is 18.8.